The molecule has 1 aliphatic rings. The van der Waals surface area contributed by atoms with E-state index in [2.05, 4.69) is 40.9 Å². The van der Waals surface area contributed by atoms with Gasteiger partial charge in [-0.3, -0.25) is 4.79 Å². The Morgan fingerprint density at radius 2 is 2.00 bits per heavy atom. The van der Waals surface area contributed by atoms with Gasteiger partial charge in [0.2, 0.25) is 5.91 Å². The number of nitrogens with one attached hydrogen (secondary N) is 2. The van der Waals surface area contributed by atoms with Gasteiger partial charge in [-0.25, -0.2) is 4.68 Å². The van der Waals surface area contributed by atoms with Gasteiger partial charge in [0.15, 0.2) is 0 Å². The van der Waals surface area contributed by atoms with Crippen LogP contribution < -0.4 is 15.4 Å². The number of carbonyl (C=O) groups excluding carboxylic acids is 1. The molecule has 8 heteroatoms. The number of methoxy groups -OCH3 is 1. The third kappa shape index (κ3) is 5.26. The minimum absolute atomic E-state index is 0.103. The molecule has 0 aliphatic carbocycles. The van der Waals surface area contributed by atoms with Crippen molar-refractivity contribution in [3.63, 3.8) is 0 Å². The highest BCUT2D eigenvalue weighted by Crippen LogP contribution is 2.28. The molecule has 1 aromatic heterocycles. The number of nitrogens with zero attached hydrogens (tertiary/aromatic N) is 4. The van der Waals surface area contributed by atoms with E-state index in [1.165, 1.54) is 0 Å². The molecular weight excluding hydrogens is 428 g/mol. The third-order valence-corrected chi connectivity index (χ3v) is 6.36. The van der Waals surface area contributed by atoms with Crippen LogP contribution in [0.25, 0.3) is 16.9 Å². The Balaban J connectivity index is 1.41. The summed E-state index contributed by atoms with van der Waals surface area (Å²) in [5.74, 6) is 0.883. The minimum atomic E-state index is -0.590. The molecule has 2 N–H and O–H groups in total. The smallest absolute Gasteiger partial charge is 0.238 e. The van der Waals surface area contributed by atoms with Crippen molar-refractivity contribution >= 4 is 5.91 Å². The normalized spacial score (nSPS) is 20.8. The first-order valence-electron chi connectivity index (χ1n) is 11.6. The van der Waals surface area contributed by atoms with Gasteiger partial charge in [0.25, 0.3) is 0 Å². The predicted octanol–water partition coefficient (Wildman–Crippen LogP) is 3.27. The molecule has 1 fully saturated rings. The zero-order chi connectivity index (χ0) is 24.1. The lowest BCUT2D eigenvalue weighted by Gasteiger charge is -2.33. The van der Waals surface area contributed by atoms with Crippen LogP contribution in [0.2, 0.25) is 0 Å². The highest BCUT2D eigenvalue weighted by molar-refractivity contribution is 5.82. The molecule has 34 heavy (non-hydrogen) atoms. The molecule has 0 bridgehead atoms. The Morgan fingerprint density at radius 1 is 1.24 bits per heavy atom. The Kier molecular flexibility index (Phi) is 7.24. The van der Waals surface area contributed by atoms with Crippen LogP contribution in [-0.2, 0) is 11.2 Å². The van der Waals surface area contributed by atoms with Crippen LogP contribution in [0.5, 0.6) is 5.75 Å². The number of rotatable bonds is 7. The van der Waals surface area contributed by atoms with Crippen LogP contribution in [0.15, 0.2) is 54.7 Å². The molecule has 0 unspecified atom stereocenters. The number of benzene rings is 2. The maximum atomic E-state index is 12.8. The van der Waals surface area contributed by atoms with Crippen molar-refractivity contribution in [3.8, 4) is 28.8 Å². The van der Waals surface area contributed by atoms with Crippen molar-refractivity contribution in [2.75, 3.05) is 7.11 Å². The summed E-state index contributed by atoms with van der Waals surface area (Å²) in [4.78, 5) is 12.8. The molecule has 1 saturated heterocycles. The number of aromatic nitrogens is 3. The highest BCUT2D eigenvalue weighted by Gasteiger charge is 2.31. The fraction of sp³-hybridized carbons (Fsp3) is 0.385. The second kappa shape index (κ2) is 10.5. The second-order valence-corrected chi connectivity index (χ2v) is 8.91. The summed E-state index contributed by atoms with van der Waals surface area (Å²) in [6.07, 6.45) is 4.35. The average Bonchev–Trinajstić information content (AvgIpc) is 3.35. The molecule has 0 saturated carbocycles. The standard InChI is InChI=1S/C26H30N6O2/c1-17-8-9-18(2)28-25(17)26(33)29-20(15-27)14-19-10-12-21(13-11-19)32-16-23(30-31-32)22-6-4-5-7-24(22)34-3/h4-7,10-13,16-18,20,25,28H,8-9,14H2,1-3H3,(H,29,33)/t17-,18+,20+,25+/m1/s1. The monoisotopic (exact) mass is 458 g/mol. The molecule has 2 heterocycles. The van der Waals surface area contributed by atoms with E-state index in [4.69, 9.17) is 4.74 Å². The largest absolute Gasteiger partial charge is 0.496 e. The molecule has 3 aromatic rings. The van der Waals surface area contributed by atoms with E-state index in [1.54, 1.807) is 11.8 Å². The van der Waals surface area contributed by atoms with Crippen molar-refractivity contribution in [1.82, 2.24) is 25.6 Å². The van der Waals surface area contributed by atoms with Gasteiger partial charge in [-0.15, -0.1) is 5.10 Å². The molecule has 1 amide bonds. The summed E-state index contributed by atoms with van der Waals surface area (Å²) in [5.41, 5.74) is 3.40. The highest BCUT2D eigenvalue weighted by atomic mass is 16.5. The number of amides is 1. The van der Waals surface area contributed by atoms with Gasteiger partial charge in [-0.2, -0.15) is 5.26 Å². The van der Waals surface area contributed by atoms with Gasteiger partial charge >= 0.3 is 0 Å². The average molecular weight is 459 g/mol. The van der Waals surface area contributed by atoms with E-state index in [-0.39, 0.29) is 17.9 Å². The van der Waals surface area contributed by atoms with Gasteiger partial charge in [-0.05, 0) is 55.5 Å². The lowest BCUT2D eigenvalue weighted by molar-refractivity contribution is -0.125. The quantitative estimate of drug-likeness (QED) is 0.563. The Hall–Kier alpha value is -3.70. The summed E-state index contributed by atoms with van der Waals surface area (Å²) in [6, 6.07) is 17.1. The van der Waals surface area contributed by atoms with Crippen LogP contribution in [0, 0.1) is 17.2 Å². The van der Waals surface area contributed by atoms with Gasteiger partial charge in [-0.1, -0.05) is 36.4 Å². The number of piperidine rings is 1. The second-order valence-electron chi connectivity index (χ2n) is 8.91. The van der Waals surface area contributed by atoms with E-state index in [0.717, 1.165) is 35.4 Å². The Morgan fingerprint density at radius 3 is 2.74 bits per heavy atom. The summed E-state index contributed by atoms with van der Waals surface area (Å²) in [7, 11) is 1.63. The third-order valence-electron chi connectivity index (χ3n) is 6.36. The van der Waals surface area contributed by atoms with Gasteiger partial charge in [0.1, 0.15) is 17.5 Å². The molecule has 4 atom stereocenters. The summed E-state index contributed by atoms with van der Waals surface area (Å²) in [5, 5.41) is 24.4. The van der Waals surface area contributed by atoms with E-state index in [9.17, 15) is 10.1 Å². The van der Waals surface area contributed by atoms with Crippen LogP contribution >= 0.6 is 0 Å². The van der Waals surface area contributed by atoms with E-state index in [0.29, 0.717) is 18.2 Å². The van der Waals surface area contributed by atoms with Crippen molar-refractivity contribution in [2.24, 2.45) is 5.92 Å². The molecule has 0 radical (unpaired) electrons. The Bertz CT molecular complexity index is 1170. The fourth-order valence-corrected chi connectivity index (χ4v) is 4.35. The maximum Gasteiger partial charge on any atom is 0.238 e. The van der Waals surface area contributed by atoms with Crippen molar-refractivity contribution in [1.29, 1.82) is 5.26 Å². The lowest BCUT2D eigenvalue weighted by Crippen LogP contribution is -2.55. The first-order valence-corrected chi connectivity index (χ1v) is 11.6. The fourth-order valence-electron chi connectivity index (χ4n) is 4.35. The number of hydrogen-bond donors (Lipinski definition) is 2. The van der Waals surface area contributed by atoms with E-state index < -0.39 is 6.04 Å². The summed E-state index contributed by atoms with van der Waals surface area (Å²) < 4.78 is 7.12. The van der Waals surface area contributed by atoms with Gasteiger partial charge in [0.05, 0.1) is 31.1 Å². The van der Waals surface area contributed by atoms with E-state index >= 15 is 0 Å². The SMILES string of the molecule is COc1ccccc1-c1cn(-c2ccc(C[C@@H](C#N)NC(=O)[C@H]3N[C@@H](C)CC[C@H]3C)cc2)nn1. The Labute approximate surface area is 199 Å². The van der Waals surface area contributed by atoms with Crippen molar-refractivity contribution < 1.29 is 9.53 Å². The van der Waals surface area contributed by atoms with Crippen LogP contribution in [-0.4, -0.2) is 46.1 Å². The first-order chi connectivity index (χ1) is 16.5. The maximum absolute atomic E-state index is 12.8. The topological polar surface area (TPSA) is 105 Å². The lowest BCUT2D eigenvalue weighted by atomic mass is 9.88. The van der Waals surface area contributed by atoms with Crippen LogP contribution in [0.3, 0.4) is 0 Å². The first kappa shape index (κ1) is 23.5. The summed E-state index contributed by atoms with van der Waals surface area (Å²) >= 11 is 0. The van der Waals surface area contributed by atoms with Crippen LogP contribution in [0.4, 0.5) is 0 Å². The zero-order valence-corrected chi connectivity index (χ0v) is 19.7. The molecule has 4 rings (SSSR count). The number of ether oxygens (including phenoxy) is 1. The number of carbonyl (C=O) groups is 1. The number of hydrogen-bond acceptors (Lipinski definition) is 6. The van der Waals surface area contributed by atoms with Crippen molar-refractivity contribution in [2.45, 2.75) is 51.2 Å². The predicted molar refractivity (Wildman–Crippen MR) is 129 cm³/mol. The van der Waals surface area contributed by atoms with E-state index in [1.807, 2.05) is 54.7 Å². The molecule has 2 aromatic carbocycles. The van der Waals surface area contributed by atoms with Crippen molar-refractivity contribution in [3.05, 3.63) is 60.3 Å². The number of nitriles is 1. The summed E-state index contributed by atoms with van der Waals surface area (Å²) in [6.45, 7) is 4.16. The zero-order valence-electron chi connectivity index (χ0n) is 19.7. The van der Waals surface area contributed by atoms with Crippen LogP contribution in [0.1, 0.15) is 32.3 Å². The molecule has 8 nitrogen and oxygen atoms in total. The molecule has 176 valence electrons. The molecule has 0 spiro atoms. The molecule has 1 aliphatic heterocycles. The number of para-hydroxylation sites is 1. The molecular formula is C26H30N6O2. The van der Waals surface area contributed by atoms with Gasteiger partial charge in [0, 0.05) is 18.0 Å². The minimum Gasteiger partial charge on any atom is -0.496 e. The van der Waals surface area contributed by atoms with Gasteiger partial charge < -0.3 is 15.4 Å².